The standard InChI is InChI=1S/C19H18N4O4S/c1-12(24)13-2-4-15(5-3-13)26-11-16-8-17(22-27-16)18(25)20-9-14-10-23-6-7-28-19(23)21-14/h2-5,8,10H,6-7,9,11H2,1H3,(H,20,25). The van der Waals surface area contributed by atoms with Crippen LogP contribution in [-0.2, 0) is 19.7 Å². The average Bonchev–Trinajstić information content (AvgIpc) is 3.41. The first kappa shape index (κ1) is 18.3. The van der Waals surface area contributed by atoms with E-state index in [1.54, 1.807) is 42.1 Å². The van der Waals surface area contributed by atoms with Crippen molar-refractivity contribution in [2.24, 2.45) is 0 Å². The minimum absolute atomic E-state index is 0.00338. The predicted octanol–water partition coefficient (Wildman–Crippen LogP) is 2.69. The van der Waals surface area contributed by atoms with Crippen LogP contribution in [0.1, 0.15) is 39.2 Å². The zero-order valence-corrected chi connectivity index (χ0v) is 16.0. The van der Waals surface area contributed by atoms with Crippen LogP contribution in [0.3, 0.4) is 0 Å². The third kappa shape index (κ3) is 4.09. The number of rotatable bonds is 7. The molecule has 0 bridgehead atoms. The second-order valence-electron chi connectivity index (χ2n) is 6.29. The van der Waals surface area contributed by atoms with Gasteiger partial charge in [-0.15, -0.1) is 0 Å². The van der Waals surface area contributed by atoms with Crippen LogP contribution in [-0.4, -0.2) is 32.2 Å². The van der Waals surface area contributed by atoms with E-state index < -0.39 is 0 Å². The molecule has 2 aromatic heterocycles. The van der Waals surface area contributed by atoms with Gasteiger partial charge in [0.25, 0.3) is 5.91 Å². The van der Waals surface area contributed by atoms with Gasteiger partial charge in [0.2, 0.25) is 0 Å². The first-order chi connectivity index (χ1) is 13.6. The highest BCUT2D eigenvalue weighted by Gasteiger charge is 2.16. The van der Waals surface area contributed by atoms with E-state index in [0.717, 1.165) is 23.1 Å². The molecule has 1 aliphatic rings. The number of ketones is 1. The Bertz CT molecular complexity index is 988. The molecule has 0 radical (unpaired) electrons. The van der Waals surface area contributed by atoms with Crippen LogP contribution in [0.5, 0.6) is 5.75 Å². The van der Waals surface area contributed by atoms with Gasteiger partial charge in [0.15, 0.2) is 22.4 Å². The summed E-state index contributed by atoms with van der Waals surface area (Å²) in [4.78, 5) is 28.0. The highest BCUT2D eigenvalue weighted by Crippen LogP contribution is 2.24. The number of thioether (sulfide) groups is 1. The van der Waals surface area contributed by atoms with Gasteiger partial charge in [-0.2, -0.15) is 0 Å². The minimum atomic E-state index is -0.332. The lowest BCUT2D eigenvalue weighted by molar-refractivity contribution is 0.0940. The van der Waals surface area contributed by atoms with Crippen molar-refractivity contribution in [2.45, 2.75) is 31.8 Å². The number of fused-ring (bicyclic) bond motifs is 1. The van der Waals surface area contributed by atoms with Gasteiger partial charge in [-0.3, -0.25) is 9.59 Å². The zero-order chi connectivity index (χ0) is 19.5. The molecule has 144 valence electrons. The number of benzene rings is 1. The Kier molecular flexibility index (Phi) is 5.16. The first-order valence-electron chi connectivity index (χ1n) is 8.75. The summed E-state index contributed by atoms with van der Waals surface area (Å²) in [7, 11) is 0. The molecule has 3 aromatic rings. The summed E-state index contributed by atoms with van der Waals surface area (Å²) >= 11 is 1.71. The number of Topliss-reactive ketones (excluding diaryl/α,β-unsaturated/α-hetero) is 1. The molecule has 1 N–H and O–H groups in total. The lowest BCUT2D eigenvalue weighted by Crippen LogP contribution is -2.23. The van der Waals surface area contributed by atoms with E-state index >= 15 is 0 Å². The van der Waals surface area contributed by atoms with E-state index in [9.17, 15) is 9.59 Å². The molecule has 0 aliphatic carbocycles. The number of amides is 1. The van der Waals surface area contributed by atoms with Crippen LogP contribution in [0.2, 0.25) is 0 Å². The Morgan fingerprint density at radius 2 is 2.14 bits per heavy atom. The Balaban J connectivity index is 1.29. The third-order valence-corrected chi connectivity index (χ3v) is 5.19. The van der Waals surface area contributed by atoms with E-state index in [4.69, 9.17) is 9.26 Å². The maximum Gasteiger partial charge on any atom is 0.273 e. The molecule has 1 aliphatic heterocycles. The third-order valence-electron chi connectivity index (χ3n) is 4.22. The summed E-state index contributed by atoms with van der Waals surface area (Å²) in [5.74, 6) is 1.73. The second kappa shape index (κ2) is 7.89. The summed E-state index contributed by atoms with van der Waals surface area (Å²) in [6.07, 6.45) is 1.95. The normalized spacial score (nSPS) is 12.6. The van der Waals surface area contributed by atoms with Gasteiger partial charge in [-0.1, -0.05) is 16.9 Å². The van der Waals surface area contributed by atoms with Crippen LogP contribution >= 0.6 is 11.8 Å². The van der Waals surface area contributed by atoms with Gasteiger partial charge in [0.05, 0.1) is 12.2 Å². The van der Waals surface area contributed by atoms with E-state index in [-0.39, 0.29) is 24.0 Å². The molecule has 0 fully saturated rings. The van der Waals surface area contributed by atoms with E-state index in [0.29, 0.717) is 23.6 Å². The number of aryl methyl sites for hydroxylation is 1. The van der Waals surface area contributed by atoms with Crippen LogP contribution in [0.15, 0.2) is 46.2 Å². The molecule has 1 amide bonds. The molecular weight excluding hydrogens is 380 g/mol. The monoisotopic (exact) mass is 398 g/mol. The number of aromatic nitrogens is 3. The fourth-order valence-electron chi connectivity index (χ4n) is 2.74. The molecule has 9 heteroatoms. The summed E-state index contributed by atoms with van der Waals surface area (Å²) in [5.41, 5.74) is 1.62. The number of hydrogen-bond donors (Lipinski definition) is 1. The summed E-state index contributed by atoms with van der Waals surface area (Å²) in [6, 6.07) is 8.35. The highest BCUT2D eigenvalue weighted by molar-refractivity contribution is 7.99. The van der Waals surface area contributed by atoms with Crippen LogP contribution in [0.4, 0.5) is 0 Å². The molecule has 8 nitrogen and oxygen atoms in total. The van der Waals surface area contributed by atoms with E-state index in [1.807, 2.05) is 6.20 Å². The van der Waals surface area contributed by atoms with Gasteiger partial charge in [-0.05, 0) is 31.2 Å². The Morgan fingerprint density at radius 1 is 1.32 bits per heavy atom. The Hall–Kier alpha value is -3.07. The first-order valence-corrected chi connectivity index (χ1v) is 9.73. The van der Waals surface area contributed by atoms with Crippen molar-refractivity contribution < 1.29 is 18.8 Å². The van der Waals surface area contributed by atoms with Gasteiger partial charge >= 0.3 is 0 Å². The fourth-order valence-corrected chi connectivity index (χ4v) is 3.70. The maximum absolute atomic E-state index is 12.2. The van der Waals surface area contributed by atoms with E-state index in [1.165, 1.54) is 6.92 Å². The summed E-state index contributed by atoms with van der Waals surface area (Å²) in [6.45, 7) is 2.92. The van der Waals surface area contributed by atoms with Crippen molar-refractivity contribution >= 4 is 23.5 Å². The smallest absolute Gasteiger partial charge is 0.273 e. The van der Waals surface area contributed by atoms with Crippen molar-refractivity contribution in [1.29, 1.82) is 0 Å². The van der Waals surface area contributed by atoms with Crippen LogP contribution < -0.4 is 10.1 Å². The number of nitrogens with one attached hydrogen (secondary N) is 1. The van der Waals surface area contributed by atoms with Gasteiger partial charge in [-0.25, -0.2) is 4.98 Å². The number of carbonyl (C=O) groups is 2. The maximum atomic E-state index is 12.2. The number of carbonyl (C=O) groups excluding carboxylic acids is 2. The van der Waals surface area contributed by atoms with Crippen molar-refractivity contribution in [3.63, 3.8) is 0 Å². The van der Waals surface area contributed by atoms with Crippen molar-refractivity contribution in [1.82, 2.24) is 20.0 Å². The van der Waals surface area contributed by atoms with Crippen LogP contribution in [0.25, 0.3) is 0 Å². The molecule has 1 aromatic carbocycles. The molecule has 4 rings (SSSR count). The van der Waals surface area contributed by atoms with Gasteiger partial charge in [0.1, 0.15) is 12.4 Å². The minimum Gasteiger partial charge on any atom is -0.486 e. The van der Waals surface area contributed by atoms with Crippen molar-refractivity contribution in [3.05, 3.63) is 59.2 Å². The number of ether oxygens (including phenoxy) is 1. The highest BCUT2D eigenvalue weighted by atomic mass is 32.2. The van der Waals surface area contributed by atoms with Gasteiger partial charge in [0, 0.05) is 30.1 Å². The summed E-state index contributed by atoms with van der Waals surface area (Å²) < 4.78 is 12.8. The Labute approximate surface area is 165 Å². The largest absolute Gasteiger partial charge is 0.486 e. The lowest BCUT2D eigenvalue weighted by atomic mass is 10.1. The lowest BCUT2D eigenvalue weighted by Gasteiger charge is -2.03. The molecule has 0 unspecified atom stereocenters. The number of nitrogens with zero attached hydrogens (tertiary/aromatic N) is 3. The predicted molar refractivity (Wildman–Crippen MR) is 101 cm³/mol. The molecule has 3 heterocycles. The van der Waals surface area contributed by atoms with Crippen molar-refractivity contribution in [2.75, 3.05) is 5.75 Å². The zero-order valence-electron chi connectivity index (χ0n) is 15.2. The Morgan fingerprint density at radius 3 is 2.89 bits per heavy atom. The number of hydrogen-bond acceptors (Lipinski definition) is 7. The topological polar surface area (TPSA) is 99.2 Å². The quantitative estimate of drug-likeness (QED) is 0.611. The average molecular weight is 398 g/mol. The molecule has 28 heavy (non-hydrogen) atoms. The molecule has 0 saturated carbocycles. The molecule has 0 spiro atoms. The molecular formula is C19H18N4O4S. The van der Waals surface area contributed by atoms with Crippen LogP contribution in [0, 0.1) is 0 Å². The van der Waals surface area contributed by atoms with Crippen molar-refractivity contribution in [3.8, 4) is 5.75 Å². The fraction of sp³-hybridized carbons (Fsp3) is 0.263. The van der Waals surface area contributed by atoms with Gasteiger partial charge < -0.3 is 19.1 Å². The molecule has 0 saturated heterocycles. The second-order valence-corrected chi connectivity index (χ2v) is 7.35. The number of imidazole rings is 1. The summed E-state index contributed by atoms with van der Waals surface area (Å²) in [5, 5.41) is 7.56. The molecule has 0 atom stereocenters. The SMILES string of the molecule is CC(=O)c1ccc(OCc2cc(C(=O)NCc3cn4c(n3)SCC4)no2)cc1. The van der Waals surface area contributed by atoms with E-state index in [2.05, 4.69) is 20.0 Å².